The molecule has 1 aliphatic heterocycles. The first kappa shape index (κ1) is 15.5. The molecule has 0 radical (unpaired) electrons. The topological polar surface area (TPSA) is 101 Å². The summed E-state index contributed by atoms with van der Waals surface area (Å²) < 4.78 is 1.09. The first-order chi connectivity index (χ1) is 11.7. The van der Waals surface area contributed by atoms with Crippen molar-refractivity contribution in [3.05, 3.63) is 23.3 Å². The molecule has 2 aromatic rings. The molecule has 7 nitrogen and oxygen atoms in total. The lowest BCUT2D eigenvalue weighted by molar-refractivity contribution is 0.411. The van der Waals surface area contributed by atoms with E-state index in [1.54, 1.807) is 11.3 Å². The maximum absolute atomic E-state index is 6.00. The molecule has 0 spiro atoms. The summed E-state index contributed by atoms with van der Waals surface area (Å²) >= 11 is 1.66. The molecule has 4 rings (SSSR count). The highest BCUT2D eigenvalue weighted by Gasteiger charge is 2.20. The van der Waals surface area contributed by atoms with Crippen molar-refractivity contribution in [2.45, 2.75) is 50.7 Å². The van der Waals surface area contributed by atoms with Gasteiger partial charge < -0.3 is 16.4 Å². The number of hydrogen-bond acceptors (Lipinski definition) is 8. The molecule has 2 aromatic heterocycles. The van der Waals surface area contributed by atoms with Gasteiger partial charge in [0.1, 0.15) is 5.82 Å². The molecule has 0 saturated heterocycles. The lowest BCUT2D eigenvalue weighted by Gasteiger charge is -2.27. The van der Waals surface area contributed by atoms with E-state index in [4.69, 9.17) is 5.73 Å². The fraction of sp³-hybridized carbons (Fsp3) is 0.500. The van der Waals surface area contributed by atoms with Gasteiger partial charge in [-0.1, -0.05) is 0 Å². The number of azo groups is 1. The van der Waals surface area contributed by atoms with Crippen LogP contribution in [0.5, 0.6) is 0 Å². The van der Waals surface area contributed by atoms with Crippen molar-refractivity contribution >= 4 is 33.3 Å². The molecule has 1 atom stereocenters. The molecule has 3 heterocycles. The van der Waals surface area contributed by atoms with Crippen molar-refractivity contribution < 1.29 is 0 Å². The summed E-state index contributed by atoms with van der Waals surface area (Å²) in [4.78, 5) is 9.25. The highest BCUT2D eigenvalue weighted by molar-refractivity contribution is 7.17. The van der Waals surface area contributed by atoms with Crippen molar-refractivity contribution in [1.82, 2.24) is 9.97 Å². The molecule has 1 saturated carbocycles. The van der Waals surface area contributed by atoms with Crippen LogP contribution in [0, 0.1) is 0 Å². The number of anilines is 2. The summed E-state index contributed by atoms with van der Waals surface area (Å²) in [5, 5.41) is 17.0. The summed E-state index contributed by atoms with van der Waals surface area (Å²) in [6, 6.07) is 2.88. The van der Waals surface area contributed by atoms with Gasteiger partial charge in [0.2, 0.25) is 5.95 Å². The number of nitrogens with zero attached hydrogens (tertiary/aromatic N) is 4. The standard InChI is InChI=1S/C16H21N7S/c1-9-8-13(23-22-9)20-16-19-12-6-7-24-14(12)15(21-16)18-11-4-2-10(17)3-5-11/h6-11H,2-5,17H2,1H3,(H2,18,19,20,21). The Bertz CT molecular complexity index is 789. The van der Waals surface area contributed by atoms with Crippen LogP contribution < -0.4 is 16.4 Å². The van der Waals surface area contributed by atoms with Gasteiger partial charge in [0.05, 0.1) is 16.3 Å². The second-order valence-electron chi connectivity index (χ2n) is 6.42. The van der Waals surface area contributed by atoms with Crippen LogP contribution in [0.4, 0.5) is 11.8 Å². The van der Waals surface area contributed by atoms with Gasteiger partial charge in [-0.05, 0) is 50.1 Å². The van der Waals surface area contributed by atoms with Crippen molar-refractivity contribution in [2.75, 3.05) is 10.6 Å². The van der Waals surface area contributed by atoms with Crippen molar-refractivity contribution in [1.29, 1.82) is 0 Å². The Labute approximate surface area is 144 Å². The third kappa shape index (κ3) is 3.25. The van der Waals surface area contributed by atoms with E-state index in [-0.39, 0.29) is 6.04 Å². The van der Waals surface area contributed by atoms with Gasteiger partial charge in [0.25, 0.3) is 0 Å². The van der Waals surface area contributed by atoms with E-state index in [1.807, 2.05) is 24.4 Å². The largest absolute Gasteiger partial charge is 0.366 e. The van der Waals surface area contributed by atoms with Crippen molar-refractivity contribution in [3.8, 4) is 0 Å². The number of nitrogens with one attached hydrogen (secondary N) is 2. The normalized spacial score (nSPS) is 26.6. The number of fused-ring (bicyclic) bond motifs is 1. The number of nitrogens with two attached hydrogens (primary N) is 1. The molecule has 1 unspecified atom stereocenters. The van der Waals surface area contributed by atoms with E-state index in [0.29, 0.717) is 23.9 Å². The Morgan fingerprint density at radius 1 is 1.21 bits per heavy atom. The van der Waals surface area contributed by atoms with Crippen LogP contribution in [-0.4, -0.2) is 28.1 Å². The first-order valence-corrected chi connectivity index (χ1v) is 9.22. The smallest absolute Gasteiger partial charge is 0.231 e. The zero-order chi connectivity index (χ0) is 16.5. The van der Waals surface area contributed by atoms with Crippen molar-refractivity contribution in [3.63, 3.8) is 0 Å². The molecule has 0 bridgehead atoms. The van der Waals surface area contributed by atoms with Crippen LogP contribution in [0.2, 0.25) is 0 Å². The van der Waals surface area contributed by atoms with Gasteiger partial charge in [-0.25, -0.2) is 4.98 Å². The quantitative estimate of drug-likeness (QED) is 0.789. The molecular weight excluding hydrogens is 322 g/mol. The Kier molecular flexibility index (Phi) is 4.15. The SMILES string of the molecule is CC1C=C(Nc2nc(NC3CCC(N)CC3)c3sccc3n2)N=N1. The minimum Gasteiger partial charge on any atom is -0.366 e. The van der Waals surface area contributed by atoms with Gasteiger partial charge in [-0.15, -0.1) is 16.5 Å². The van der Waals surface area contributed by atoms with Crippen LogP contribution in [0.15, 0.2) is 33.6 Å². The molecule has 2 aliphatic rings. The van der Waals surface area contributed by atoms with Crippen LogP contribution in [0.25, 0.3) is 10.2 Å². The van der Waals surface area contributed by atoms with E-state index < -0.39 is 0 Å². The second kappa shape index (κ2) is 6.45. The summed E-state index contributed by atoms with van der Waals surface area (Å²) in [6.45, 7) is 1.99. The lowest BCUT2D eigenvalue weighted by atomic mass is 9.92. The predicted molar refractivity (Wildman–Crippen MR) is 97.3 cm³/mol. The van der Waals surface area contributed by atoms with E-state index in [1.165, 1.54) is 0 Å². The number of thiophene rings is 1. The van der Waals surface area contributed by atoms with Crippen molar-refractivity contribution in [2.24, 2.45) is 16.0 Å². The van der Waals surface area contributed by atoms with E-state index >= 15 is 0 Å². The van der Waals surface area contributed by atoms with Gasteiger partial charge in [0.15, 0.2) is 5.82 Å². The summed E-state index contributed by atoms with van der Waals surface area (Å²) in [5.41, 5.74) is 6.94. The number of aromatic nitrogens is 2. The van der Waals surface area contributed by atoms with Crippen LogP contribution in [0.3, 0.4) is 0 Å². The average molecular weight is 343 g/mol. The molecule has 0 amide bonds. The van der Waals surface area contributed by atoms with E-state index in [2.05, 4.69) is 30.8 Å². The van der Waals surface area contributed by atoms with Gasteiger partial charge >= 0.3 is 0 Å². The second-order valence-corrected chi connectivity index (χ2v) is 7.34. The minimum atomic E-state index is 0.0985. The fourth-order valence-corrected chi connectivity index (χ4v) is 3.89. The van der Waals surface area contributed by atoms with E-state index in [0.717, 1.165) is 41.7 Å². The first-order valence-electron chi connectivity index (χ1n) is 8.34. The molecule has 4 N–H and O–H groups in total. The maximum atomic E-state index is 6.00. The Morgan fingerprint density at radius 2 is 2.04 bits per heavy atom. The highest BCUT2D eigenvalue weighted by Crippen LogP contribution is 2.30. The molecule has 1 fully saturated rings. The predicted octanol–water partition coefficient (Wildman–Crippen LogP) is 3.48. The van der Waals surface area contributed by atoms with Gasteiger partial charge in [0, 0.05) is 12.1 Å². The molecule has 126 valence electrons. The summed E-state index contributed by atoms with van der Waals surface area (Å²) in [7, 11) is 0. The van der Waals surface area contributed by atoms with Crippen LogP contribution in [-0.2, 0) is 0 Å². The maximum Gasteiger partial charge on any atom is 0.231 e. The minimum absolute atomic E-state index is 0.0985. The molecule has 1 aliphatic carbocycles. The number of hydrogen-bond donors (Lipinski definition) is 3. The monoisotopic (exact) mass is 343 g/mol. The average Bonchev–Trinajstić information content (AvgIpc) is 3.19. The molecular formula is C16H21N7S. The van der Waals surface area contributed by atoms with Crippen LogP contribution in [0.1, 0.15) is 32.6 Å². The fourth-order valence-electron chi connectivity index (χ4n) is 3.10. The third-order valence-electron chi connectivity index (χ3n) is 4.40. The third-order valence-corrected chi connectivity index (χ3v) is 5.31. The van der Waals surface area contributed by atoms with E-state index in [9.17, 15) is 0 Å². The molecule has 8 heteroatoms. The highest BCUT2D eigenvalue weighted by atomic mass is 32.1. The Hall–Kier alpha value is -2.06. The zero-order valence-corrected chi connectivity index (χ0v) is 14.4. The lowest BCUT2D eigenvalue weighted by Crippen LogP contribution is -2.33. The molecule has 0 aromatic carbocycles. The molecule has 24 heavy (non-hydrogen) atoms. The summed E-state index contributed by atoms with van der Waals surface area (Å²) in [6.07, 6.45) is 6.24. The Balaban J connectivity index is 1.58. The Morgan fingerprint density at radius 3 is 2.79 bits per heavy atom. The van der Waals surface area contributed by atoms with Gasteiger partial charge in [-0.2, -0.15) is 10.1 Å². The summed E-state index contributed by atoms with van der Waals surface area (Å²) in [5.74, 6) is 2.14. The van der Waals surface area contributed by atoms with Crippen LogP contribution >= 0.6 is 11.3 Å². The zero-order valence-electron chi connectivity index (χ0n) is 13.6. The van der Waals surface area contributed by atoms with Gasteiger partial charge in [-0.3, -0.25) is 0 Å². The number of rotatable bonds is 4.